The maximum Gasteiger partial charge on any atom is 0.411 e. The highest BCUT2D eigenvalue weighted by Crippen LogP contribution is 2.35. The van der Waals surface area contributed by atoms with Gasteiger partial charge in [-0.3, -0.25) is 14.5 Å². The van der Waals surface area contributed by atoms with Crippen LogP contribution in [0.2, 0.25) is 0 Å². The number of rotatable bonds is 8. The number of anilines is 1. The second-order valence-electron chi connectivity index (χ2n) is 8.74. The SMILES string of the molecule is CCC(C)NC(=O)C1C(c2cccc(NC(=O)c3cccs3)c2)OC(=O)N1Cc1ccc(C)cc1. The van der Waals surface area contributed by atoms with Crippen molar-refractivity contribution in [3.63, 3.8) is 0 Å². The van der Waals surface area contributed by atoms with Gasteiger partial charge in [-0.05, 0) is 55.0 Å². The molecule has 3 unspecified atom stereocenters. The molecule has 0 radical (unpaired) electrons. The molecule has 1 aromatic heterocycles. The minimum absolute atomic E-state index is 0.0449. The molecule has 35 heavy (non-hydrogen) atoms. The van der Waals surface area contributed by atoms with E-state index in [2.05, 4.69) is 10.6 Å². The number of benzene rings is 2. The zero-order valence-electron chi connectivity index (χ0n) is 20.0. The van der Waals surface area contributed by atoms with Crippen LogP contribution in [0.1, 0.15) is 52.7 Å². The fourth-order valence-corrected chi connectivity index (χ4v) is 4.54. The first-order chi connectivity index (χ1) is 16.9. The summed E-state index contributed by atoms with van der Waals surface area (Å²) < 4.78 is 5.75. The van der Waals surface area contributed by atoms with Crippen molar-refractivity contribution in [2.75, 3.05) is 5.32 Å². The Morgan fingerprint density at radius 2 is 1.89 bits per heavy atom. The van der Waals surface area contributed by atoms with E-state index in [4.69, 9.17) is 4.74 Å². The quantitative estimate of drug-likeness (QED) is 0.448. The van der Waals surface area contributed by atoms with Crippen molar-refractivity contribution >= 4 is 34.9 Å². The van der Waals surface area contributed by atoms with Crippen LogP contribution in [0, 0.1) is 6.92 Å². The summed E-state index contributed by atoms with van der Waals surface area (Å²) in [5, 5.41) is 7.72. The zero-order chi connectivity index (χ0) is 24.9. The second-order valence-corrected chi connectivity index (χ2v) is 9.69. The lowest BCUT2D eigenvalue weighted by molar-refractivity contribution is -0.127. The van der Waals surface area contributed by atoms with Crippen LogP contribution in [0.15, 0.2) is 66.0 Å². The van der Waals surface area contributed by atoms with Gasteiger partial charge in [-0.15, -0.1) is 11.3 Å². The maximum absolute atomic E-state index is 13.4. The Kier molecular flexibility index (Phi) is 7.51. The molecule has 3 amide bonds. The van der Waals surface area contributed by atoms with E-state index in [1.54, 1.807) is 30.3 Å². The van der Waals surface area contributed by atoms with E-state index in [1.807, 2.05) is 56.5 Å². The smallest absolute Gasteiger partial charge is 0.411 e. The van der Waals surface area contributed by atoms with Crippen molar-refractivity contribution in [3.05, 3.63) is 87.6 Å². The van der Waals surface area contributed by atoms with Crippen molar-refractivity contribution in [1.29, 1.82) is 0 Å². The van der Waals surface area contributed by atoms with Crippen LogP contribution in [-0.4, -0.2) is 34.9 Å². The molecule has 2 N–H and O–H groups in total. The lowest BCUT2D eigenvalue weighted by Gasteiger charge is -2.26. The van der Waals surface area contributed by atoms with Crippen molar-refractivity contribution in [2.45, 2.75) is 51.9 Å². The summed E-state index contributed by atoms with van der Waals surface area (Å²) in [4.78, 5) is 40.9. The molecule has 3 aromatic rings. The van der Waals surface area contributed by atoms with Gasteiger partial charge in [-0.1, -0.05) is 55.0 Å². The van der Waals surface area contributed by atoms with E-state index in [-0.39, 0.29) is 24.4 Å². The molecule has 4 rings (SSSR count). The molecule has 1 saturated heterocycles. The number of aryl methyl sites for hydroxylation is 1. The summed E-state index contributed by atoms with van der Waals surface area (Å²) in [6.07, 6.45) is -0.594. The number of ether oxygens (including phenoxy) is 1. The Balaban J connectivity index is 1.61. The van der Waals surface area contributed by atoms with Crippen molar-refractivity contribution < 1.29 is 19.1 Å². The number of thiophene rings is 1. The first-order valence-electron chi connectivity index (χ1n) is 11.6. The lowest BCUT2D eigenvalue weighted by Crippen LogP contribution is -2.48. The average Bonchev–Trinajstić information content (AvgIpc) is 3.49. The summed E-state index contributed by atoms with van der Waals surface area (Å²) in [7, 11) is 0. The predicted molar refractivity (Wildman–Crippen MR) is 136 cm³/mol. The third-order valence-corrected chi connectivity index (χ3v) is 6.91. The molecule has 1 aliphatic heterocycles. The number of hydrogen-bond acceptors (Lipinski definition) is 5. The van der Waals surface area contributed by atoms with Gasteiger partial charge in [0.1, 0.15) is 0 Å². The summed E-state index contributed by atoms with van der Waals surface area (Å²) in [5.74, 6) is -0.483. The monoisotopic (exact) mass is 491 g/mol. The molecule has 1 fully saturated rings. The summed E-state index contributed by atoms with van der Waals surface area (Å²) in [5.41, 5.74) is 3.22. The molecule has 0 bridgehead atoms. The van der Waals surface area contributed by atoms with E-state index >= 15 is 0 Å². The molecule has 8 heteroatoms. The molecule has 2 aromatic carbocycles. The van der Waals surface area contributed by atoms with Crippen molar-refractivity contribution in [3.8, 4) is 0 Å². The molecule has 3 atom stereocenters. The van der Waals surface area contributed by atoms with Gasteiger partial charge in [0, 0.05) is 11.7 Å². The minimum atomic E-state index is -0.846. The predicted octanol–water partition coefficient (Wildman–Crippen LogP) is 5.29. The average molecular weight is 492 g/mol. The number of nitrogens with zero attached hydrogens (tertiary/aromatic N) is 1. The number of hydrogen-bond donors (Lipinski definition) is 2. The van der Waals surface area contributed by atoms with Gasteiger partial charge < -0.3 is 15.4 Å². The van der Waals surface area contributed by atoms with Crippen molar-refractivity contribution in [2.24, 2.45) is 0 Å². The Morgan fingerprint density at radius 1 is 1.11 bits per heavy atom. The topological polar surface area (TPSA) is 87.7 Å². The third-order valence-electron chi connectivity index (χ3n) is 6.05. The number of nitrogens with one attached hydrogen (secondary N) is 2. The molecule has 1 aliphatic rings. The number of carbonyl (C=O) groups excluding carboxylic acids is 3. The first-order valence-corrected chi connectivity index (χ1v) is 12.5. The zero-order valence-corrected chi connectivity index (χ0v) is 20.8. The molecule has 0 spiro atoms. The van der Waals surface area contributed by atoms with Crippen LogP contribution < -0.4 is 10.6 Å². The summed E-state index contributed by atoms with van der Waals surface area (Å²) in [6.45, 7) is 6.16. The highest BCUT2D eigenvalue weighted by Gasteiger charge is 2.47. The molecular formula is C27H29N3O4S. The normalized spacial score (nSPS) is 18.1. The van der Waals surface area contributed by atoms with Gasteiger partial charge in [0.05, 0.1) is 11.4 Å². The van der Waals surface area contributed by atoms with E-state index < -0.39 is 18.2 Å². The fourth-order valence-electron chi connectivity index (χ4n) is 3.92. The third kappa shape index (κ3) is 5.71. The van der Waals surface area contributed by atoms with E-state index in [9.17, 15) is 14.4 Å². The van der Waals surface area contributed by atoms with Crippen molar-refractivity contribution in [1.82, 2.24) is 10.2 Å². The Hall–Kier alpha value is -3.65. The van der Waals surface area contributed by atoms with Gasteiger partial charge in [-0.25, -0.2) is 4.79 Å². The second kappa shape index (κ2) is 10.7. The van der Waals surface area contributed by atoms with Gasteiger partial charge >= 0.3 is 6.09 Å². The van der Waals surface area contributed by atoms with Crippen LogP contribution >= 0.6 is 11.3 Å². The van der Waals surface area contributed by atoms with Crippen LogP contribution in [0.25, 0.3) is 0 Å². The highest BCUT2D eigenvalue weighted by atomic mass is 32.1. The van der Waals surface area contributed by atoms with Gasteiger partial charge in [0.15, 0.2) is 12.1 Å². The van der Waals surface area contributed by atoms with Crippen LogP contribution in [0.4, 0.5) is 10.5 Å². The highest BCUT2D eigenvalue weighted by molar-refractivity contribution is 7.12. The lowest BCUT2D eigenvalue weighted by atomic mass is 9.99. The largest absolute Gasteiger partial charge is 0.438 e. The molecule has 0 aliphatic carbocycles. The van der Waals surface area contributed by atoms with Crippen LogP contribution in [0.3, 0.4) is 0 Å². The first kappa shape index (κ1) is 24.5. The Bertz CT molecular complexity index is 1190. The van der Waals surface area contributed by atoms with Crippen LogP contribution in [0.5, 0.6) is 0 Å². The number of cyclic esters (lactones) is 1. The summed E-state index contributed by atoms with van der Waals surface area (Å²) >= 11 is 1.35. The molecule has 182 valence electrons. The van der Waals surface area contributed by atoms with Gasteiger partial charge in [0.2, 0.25) is 5.91 Å². The molecular weight excluding hydrogens is 462 g/mol. The molecule has 2 heterocycles. The maximum atomic E-state index is 13.4. The van der Waals surface area contributed by atoms with Gasteiger partial charge in [-0.2, -0.15) is 0 Å². The summed E-state index contributed by atoms with van der Waals surface area (Å²) in [6, 6.07) is 17.6. The van der Waals surface area contributed by atoms with E-state index in [0.717, 1.165) is 17.5 Å². The number of carbonyl (C=O) groups is 3. The van der Waals surface area contributed by atoms with Gasteiger partial charge in [0.25, 0.3) is 5.91 Å². The number of amides is 3. The minimum Gasteiger partial charge on any atom is -0.438 e. The Morgan fingerprint density at radius 3 is 2.57 bits per heavy atom. The Labute approximate surface area is 209 Å². The van der Waals surface area contributed by atoms with E-state index in [0.29, 0.717) is 16.1 Å². The standard InChI is InChI=1S/C27H29N3O4S/c1-4-18(3)28-26(32)23-24(34-27(33)30(23)16-19-12-10-17(2)11-13-19)20-7-5-8-21(15-20)29-25(31)22-9-6-14-35-22/h5-15,18,23-24H,4,16H2,1-3H3,(H,28,32)(H,29,31). The van der Waals surface area contributed by atoms with Crippen LogP contribution in [-0.2, 0) is 16.1 Å². The molecule has 7 nitrogen and oxygen atoms in total. The fraction of sp³-hybridized carbons (Fsp3) is 0.296. The van der Waals surface area contributed by atoms with E-state index in [1.165, 1.54) is 16.2 Å². The molecule has 0 saturated carbocycles.